The normalized spacial score (nSPS) is 24.3. The standard InChI is InChI=1S/C20H26N4O4S/c25-18(24-26)20(6-5-19(14-20)7-9-21-10-8-19)29(27)17-3-1-16(2-4-17)28-13-15-11-22-23-12-15/h1-4,11-12,21,26H,5-10,13-14H2,(H,22,23)(H,24,25). The summed E-state index contributed by atoms with van der Waals surface area (Å²) in [5.41, 5.74) is 2.73. The maximum atomic E-state index is 13.5. The van der Waals surface area contributed by atoms with E-state index in [4.69, 9.17) is 4.74 Å². The van der Waals surface area contributed by atoms with E-state index in [1.165, 1.54) is 0 Å². The third-order valence-corrected chi connectivity index (χ3v) is 8.20. The van der Waals surface area contributed by atoms with E-state index < -0.39 is 21.8 Å². The SMILES string of the molecule is O=C(NO)C1([S+]([O-])c2ccc(OCc3cn[nH]c3)cc2)CCC2(CCNCC2)C1. The van der Waals surface area contributed by atoms with Gasteiger partial charge in [-0.05, 0) is 62.0 Å². The molecule has 4 N–H and O–H groups in total. The molecule has 1 saturated heterocycles. The second kappa shape index (κ2) is 8.35. The lowest BCUT2D eigenvalue weighted by atomic mass is 9.77. The van der Waals surface area contributed by atoms with E-state index in [1.54, 1.807) is 42.1 Å². The number of benzene rings is 1. The van der Waals surface area contributed by atoms with Crippen LogP contribution in [-0.2, 0) is 22.6 Å². The number of amides is 1. The fourth-order valence-electron chi connectivity index (χ4n) is 4.58. The Morgan fingerprint density at radius 2 is 2.00 bits per heavy atom. The van der Waals surface area contributed by atoms with Crippen LogP contribution in [-0.4, -0.2) is 43.7 Å². The fraction of sp³-hybridized carbons (Fsp3) is 0.500. The molecule has 1 spiro atoms. The van der Waals surface area contributed by atoms with Gasteiger partial charge in [-0.1, -0.05) is 0 Å². The van der Waals surface area contributed by atoms with Crippen molar-refractivity contribution < 1.29 is 19.3 Å². The van der Waals surface area contributed by atoms with Crippen molar-refractivity contribution in [1.82, 2.24) is 21.0 Å². The Hall–Kier alpha value is -2.07. The van der Waals surface area contributed by atoms with Crippen molar-refractivity contribution >= 4 is 17.1 Å². The Bertz CT molecular complexity index is 824. The van der Waals surface area contributed by atoms with Crippen LogP contribution in [0, 0.1) is 5.41 Å². The third-order valence-electron chi connectivity index (χ3n) is 6.25. The highest BCUT2D eigenvalue weighted by atomic mass is 32.2. The minimum Gasteiger partial charge on any atom is -0.611 e. The van der Waals surface area contributed by atoms with Crippen LogP contribution >= 0.6 is 0 Å². The molecule has 29 heavy (non-hydrogen) atoms. The summed E-state index contributed by atoms with van der Waals surface area (Å²) in [5, 5.41) is 19.3. The van der Waals surface area contributed by atoms with E-state index in [-0.39, 0.29) is 5.41 Å². The van der Waals surface area contributed by atoms with Crippen molar-refractivity contribution in [2.75, 3.05) is 13.1 Å². The van der Waals surface area contributed by atoms with E-state index in [2.05, 4.69) is 15.5 Å². The van der Waals surface area contributed by atoms with Crippen molar-refractivity contribution in [1.29, 1.82) is 0 Å². The van der Waals surface area contributed by atoms with Gasteiger partial charge in [0.05, 0.1) is 6.20 Å². The van der Waals surface area contributed by atoms with Gasteiger partial charge in [-0.3, -0.25) is 15.1 Å². The number of H-pyrrole nitrogens is 1. The van der Waals surface area contributed by atoms with Gasteiger partial charge >= 0.3 is 0 Å². The van der Waals surface area contributed by atoms with Gasteiger partial charge < -0.3 is 14.6 Å². The van der Waals surface area contributed by atoms with Gasteiger partial charge in [0.2, 0.25) is 4.75 Å². The predicted molar refractivity (Wildman–Crippen MR) is 107 cm³/mol. The Labute approximate surface area is 172 Å². The van der Waals surface area contributed by atoms with Gasteiger partial charge in [0.25, 0.3) is 5.91 Å². The number of piperidine rings is 1. The Morgan fingerprint density at radius 3 is 2.66 bits per heavy atom. The quantitative estimate of drug-likeness (QED) is 0.323. The fourth-order valence-corrected chi connectivity index (χ4v) is 6.35. The first-order valence-corrected chi connectivity index (χ1v) is 11.0. The molecule has 0 bridgehead atoms. The lowest BCUT2D eigenvalue weighted by Crippen LogP contribution is -2.51. The second-order valence-electron chi connectivity index (χ2n) is 8.00. The molecule has 1 aliphatic carbocycles. The largest absolute Gasteiger partial charge is 0.611 e. The number of aromatic nitrogens is 2. The minimum atomic E-state index is -1.58. The molecule has 2 aliphatic rings. The first-order valence-electron chi connectivity index (χ1n) is 9.85. The monoisotopic (exact) mass is 418 g/mol. The van der Waals surface area contributed by atoms with Crippen LogP contribution < -0.4 is 15.5 Å². The minimum absolute atomic E-state index is 0.0149. The second-order valence-corrected chi connectivity index (χ2v) is 9.79. The van der Waals surface area contributed by atoms with E-state index in [0.717, 1.165) is 37.9 Å². The molecule has 2 heterocycles. The first-order chi connectivity index (χ1) is 14.1. The van der Waals surface area contributed by atoms with Crippen molar-refractivity contribution in [3.63, 3.8) is 0 Å². The van der Waals surface area contributed by atoms with Crippen LogP contribution in [0.5, 0.6) is 5.75 Å². The molecule has 156 valence electrons. The molecule has 1 saturated carbocycles. The lowest BCUT2D eigenvalue weighted by Gasteiger charge is -2.36. The van der Waals surface area contributed by atoms with Gasteiger partial charge in [0.1, 0.15) is 12.4 Å². The number of carbonyl (C=O) groups excluding carboxylic acids is 1. The summed E-state index contributed by atoms with van der Waals surface area (Å²) >= 11 is -1.58. The average molecular weight is 419 g/mol. The summed E-state index contributed by atoms with van der Waals surface area (Å²) in [5.74, 6) is 0.0976. The smallest absolute Gasteiger partial charge is 0.299 e. The first kappa shape index (κ1) is 20.2. The van der Waals surface area contributed by atoms with E-state index in [9.17, 15) is 14.6 Å². The average Bonchev–Trinajstić information content (AvgIpc) is 3.41. The molecule has 1 amide bonds. The zero-order valence-corrected chi connectivity index (χ0v) is 17.0. The molecule has 4 rings (SSSR count). The number of aromatic amines is 1. The molecule has 1 aliphatic heterocycles. The zero-order chi connectivity index (χ0) is 20.3. The Morgan fingerprint density at radius 1 is 1.24 bits per heavy atom. The van der Waals surface area contributed by atoms with Crippen LogP contribution in [0.2, 0.25) is 0 Å². The van der Waals surface area contributed by atoms with Crippen LogP contribution in [0.1, 0.15) is 37.7 Å². The van der Waals surface area contributed by atoms with Gasteiger partial charge in [0, 0.05) is 35.8 Å². The van der Waals surface area contributed by atoms with Gasteiger partial charge in [-0.25, -0.2) is 5.48 Å². The van der Waals surface area contributed by atoms with Gasteiger partial charge in [0.15, 0.2) is 4.90 Å². The molecule has 2 aromatic rings. The van der Waals surface area contributed by atoms with E-state index in [0.29, 0.717) is 30.1 Å². The van der Waals surface area contributed by atoms with Crippen LogP contribution in [0.3, 0.4) is 0 Å². The summed E-state index contributed by atoms with van der Waals surface area (Å²) in [7, 11) is 0. The molecule has 2 unspecified atom stereocenters. The van der Waals surface area contributed by atoms with Crippen LogP contribution in [0.15, 0.2) is 41.6 Å². The summed E-state index contributed by atoms with van der Waals surface area (Å²) < 4.78 is 18.1. The maximum Gasteiger partial charge on any atom is 0.299 e. The van der Waals surface area contributed by atoms with Crippen molar-refractivity contribution in [2.45, 2.75) is 48.4 Å². The number of nitrogens with one attached hydrogen (secondary N) is 3. The molecule has 9 heteroatoms. The number of nitrogens with zero attached hydrogens (tertiary/aromatic N) is 1. The maximum absolute atomic E-state index is 13.5. The summed E-state index contributed by atoms with van der Waals surface area (Å²) in [6.07, 6.45) is 7.26. The molecule has 0 radical (unpaired) electrons. The zero-order valence-electron chi connectivity index (χ0n) is 16.1. The molecular formula is C20H26N4O4S. The highest BCUT2D eigenvalue weighted by Crippen LogP contribution is 2.54. The molecule has 1 aromatic heterocycles. The van der Waals surface area contributed by atoms with Gasteiger partial charge in [-0.2, -0.15) is 5.10 Å². The summed E-state index contributed by atoms with van der Waals surface area (Å²) in [4.78, 5) is 13.2. The Balaban J connectivity index is 1.50. The lowest BCUT2D eigenvalue weighted by molar-refractivity contribution is -0.132. The van der Waals surface area contributed by atoms with E-state index >= 15 is 0 Å². The molecular weight excluding hydrogens is 392 g/mol. The molecule has 1 aromatic carbocycles. The van der Waals surface area contributed by atoms with Crippen LogP contribution in [0.25, 0.3) is 0 Å². The number of carbonyl (C=O) groups is 1. The number of hydrogen-bond donors (Lipinski definition) is 4. The van der Waals surface area contributed by atoms with E-state index in [1.807, 2.05) is 0 Å². The topological polar surface area (TPSA) is 122 Å². The molecule has 2 atom stereocenters. The van der Waals surface area contributed by atoms with Crippen molar-refractivity contribution in [2.24, 2.45) is 5.41 Å². The number of hydroxylamine groups is 1. The molecule has 2 fully saturated rings. The third kappa shape index (κ3) is 4.00. The van der Waals surface area contributed by atoms with Crippen LogP contribution in [0.4, 0.5) is 0 Å². The predicted octanol–water partition coefficient (Wildman–Crippen LogP) is 1.89. The highest BCUT2D eigenvalue weighted by molar-refractivity contribution is 7.93. The van der Waals surface area contributed by atoms with Gasteiger partial charge in [-0.15, -0.1) is 0 Å². The number of rotatable bonds is 6. The molecule has 8 nitrogen and oxygen atoms in total. The summed E-state index contributed by atoms with van der Waals surface area (Å²) in [6.45, 7) is 2.20. The number of hydrogen-bond acceptors (Lipinski definition) is 6. The van der Waals surface area contributed by atoms with Crippen molar-refractivity contribution in [3.05, 3.63) is 42.2 Å². The Kier molecular flexibility index (Phi) is 5.82. The summed E-state index contributed by atoms with van der Waals surface area (Å²) in [6, 6.07) is 6.99. The highest BCUT2D eigenvalue weighted by Gasteiger charge is 2.60. The van der Waals surface area contributed by atoms with Crippen molar-refractivity contribution in [3.8, 4) is 5.75 Å². The number of ether oxygens (including phenoxy) is 1.